The average Bonchev–Trinajstić information content (AvgIpc) is 2.36. The smallest absolute Gasteiger partial charge is 0.428 e. The van der Waals surface area contributed by atoms with Crippen LogP contribution in [0, 0.1) is 5.41 Å². The standard InChI is InChI=1S/C14H19F4NO2.ClH/c1-13(2,3)11(20)10(19)8-4-6-9(7-5-8)21-14(17,18)12(15)16;/h4-7,10-12,20H,19H2,1-3H3;1H/t10-,11-;/m1./s1. The lowest BCUT2D eigenvalue weighted by molar-refractivity contribution is -0.253. The monoisotopic (exact) mass is 345 g/mol. The molecule has 0 aliphatic carbocycles. The molecule has 1 aromatic rings. The average molecular weight is 346 g/mol. The van der Waals surface area contributed by atoms with E-state index in [9.17, 15) is 22.7 Å². The number of hydrogen-bond acceptors (Lipinski definition) is 3. The first-order valence-corrected chi connectivity index (χ1v) is 6.33. The maximum atomic E-state index is 12.7. The summed E-state index contributed by atoms with van der Waals surface area (Å²) in [5, 5.41) is 10.1. The Morgan fingerprint density at radius 2 is 1.55 bits per heavy atom. The summed E-state index contributed by atoms with van der Waals surface area (Å²) in [7, 11) is 0. The van der Waals surface area contributed by atoms with Gasteiger partial charge < -0.3 is 15.6 Å². The Balaban J connectivity index is 0.00000441. The maximum absolute atomic E-state index is 12.7. The summed E-state index contributed by atoms with van der Waals surface area (Å²) in [6, 6.07) is 4.21. The summed E-state index contributed by atoms with van der Waals surface area (Å²) in [5.74, 6) is -0.401. The Morgan fingerprint density at radius 3 is 1.91 bits per heavy atom. The molecule has 3 N–H and O–H groups in total. The Bertz CT molecular complexity index is 463. The Labute approximate surface area is 132 Å². The van der Waals surface area contributed by atoms with Crippen LogP contribution in [0.2, 0.25) is 0 Å². The Kier molecular flexibility index (Phi) is 7.12. The Morgan fingerprint density at radius 1 is 1.09 bits per heavy atom. The zero-order valence-electron chi connectivity index (χ0n) is 12.4. The van der Waals surface area contributed by atoms with Gasteiger partial charge in [0, 0.05) is 0 Å². The third kappa shape index (κ3) is 5.30. The van der Waals surface area contributed by atoms with Crippen LogP contribution in [0.25, 0.3) is 0 Å². The quantitative estimate of drug-likeness (QED) is 0.799. The lowest BCUT2D eigenvalue weighted by atomic mass is 9.82. The molecule has 0 aromatic heterocycles. The van der Waals surface area contributed by atoms with Crippen molar-refractivity contribution >= 4 is 12.4 Å². The summed E-state index contributed by atoms with van der Waals surface area (Å²) in [6.07, 6.45) is -9.32. The van der Waals surface area contributed by atoms with Crippen molar-refractivity contribution in [2.45, 2.75) is 45.5 Å². The molecule has 0 spiro atoms. The highest BCUT2D eigenvalue weighted by Crippen LogP contribution is 2.31. The van der Waals surface area contributed by atoms with Crippen LogP contribution in [0.5, 0.6) is 5.75 Å². The van der Waals surface area contributed by atoms with E-state index < -0.39 is 35.8 Å². The molecule has 0 aliphatic heterocycles. The predicted octanol–water partition coefficient (Wildman–Crippen LogP) is 3.75. The van der Waals surface area contributed by atoms with Crippen molar-refractivity contribution in [1.29, 1.82) is 0 Å². The molecule has 0 radical (unpaired) electrons. The molecule has 0 heterocycles. The minimum absolute atomic E-state index is 0. The molecule has 0 aliphatic rings. The number of nitrogens with two attached hydrogens (primary N) is 1. The van der Waals surface area contributed by atoms with Crippen LogP contribution in [0.15, 0.2) is 24.3 Å². The van der Waals surface area contributed by atoms with E-state index in [0.717, 1.165) is 12.1 Å². The van der Waals surface area contributed by atoms with E-state index >= 15 is 0 Å². The molecule has 0 bridgehead atoms. The molecular formula is C14H20ClF4NO2. The highest BCUT2D eigenvalue weighted by Gasteiger charge is 2.44. The summed E-state index contributed by atoms with van der Waals surface area (Å²) in [6.45, 7) is 5.41. The van der Waals surface area contributed by atoms with Gasteiger partial charge in [-0.1, -0.05) is 32.9 Å². The Hall–Kier alpha value is -1.05. The van der Waals surface area contributed by atoms with E-state index in [4.69, 9.17) is 5.73 Å². The summed E-state index contributed by atoms with van der Waals surface area (Å²) in [5.41, 5.74) is 5.92. The van der Waals surface area contributed by atoms with Crippen LogP contribution in [0.4, 0.5) is 17.6 Å². The van der Waals surface area contributed by atoms with Crippen LogP contribution in [-0.4, -0.2) is 23.7 Å². The molecule has 22 heavy (non-hydrogen) atoms. The van der Waals surface area contributed by atoms with Gasteiger partial charge in [0.25, 0.3) is 0 Å². The molecule has 0 amide bonds. The normalized spacial score (nSPS) is 15.2. The first-order chi connectivity index (χ1) is 9.45. The molecule has 128 valence electrons. The van der Waals surface area contributed by atoms with Crippen LogP contribution >= 0.6 is 12.4 Å². The predicted molar refractivity (Wildman–Crippen MR) is 77.7 cm³/mol. The topological polar surface area (TPSA) is 55.5 Å². The van der Waals surface area contributed by atoms with Gasteiger partial charge in [0.1, 0.15) is 5.75 Å². The minimum atomic E-state index is -4.55. The highest BCUT2D eigenvalue weighted by atomic mass is 35.5. The number of hydrogen-bond donors (Lipinski definition) is 2. The molecule has 1 rings (SSSR count). The van der Waals surface area contributed by atoms with Crippen LogP contribution in [0.3, 0.4) is 0 Å². The fraction of sp³-hybridized carbons (Fsp3) is 0.571. The third-order valence-corrected chi connectivity index (χ3v) is 3.00. The van der Waals surface area contributed by atoms with E-state index in [1.807, 2.05) is 0 Å². The number of halogens is 5. The van der Waals surface area contributed by atoms with Crippen molar-refractivity contribution in [3.05, 3.63) is 29.8 Å². The van der Waals surface area contributed by atoms with Crippen molar-refractivity contribution in [1.82, 2.24) is 0 Å². The second kappa shape index (κ2) is 7.48. The van der Waals surface area contributed by atoms with Crippen molar-refractivity contribution < 1.29 is 27.4 Å². The van der Waals surface area contributed by atoms with E-state index in [1.165, 1.54) is 12.1 Å². The lowest BCUT2D eigenvalue weighted by Crippen LogP contribution is -2.37. The van der Waals surface area contributed by atoms with Crippen LogP contribution < -0.4 is 10.5 Å². The van der Waals surface area contributed by atoms with E-state index in [1.54, 1.807) is 20.8 Å². The van der Waals surface area contributed by atoms with Gasteiger partial charge in [0.2, 0.25) is 0 Å². The van der Waals surface area contributed by atoms with Crippen molar-refractivity contribution in [3.63, 3.8) is 0 Å². The molecule has 8 heteroatoms. The number of aliphatic hydroxyl groups excluding tert-OH is 1. The molecule has 0 fully saturated rings. The zero-order valence-corrected chi connectivity index (χ0v) is 13.2. The number of benzene rings is 1. The van der Waals surface area contributed by atoms with Gasteiger partial charge in [0.15, 0.2) is 0 Å². The van der Waals surface area contributed by atoms with Crippen LogP contribution in [0.1, 0.15) is 32.4 Å². The number of rotatable bonds is 5. The third-order valence-electron chi connectivity index (χ3n) is 3.00. The molecule has 0 saturated heterocycles. The SMILES string of the molecule is CC(C)(C)[C@H](O)[C@H](N)c1ccc(OC(F)(F)C(F)F)cc1.Cl. The number of ether oxygens (including phenoxy) is 1. The highest BCUT2D eigenvalue weighted by molar-refractivity contribution is 5.85. The number of aliphatic hydroxyl groups is 1. The largest absolute Gasteiger partial charge is 0.461 e. The van der Waals surface area contributed by atoms with Crippen molar-refractivity contribution in [2.75, 3.05) is 0 Å². The summed E-state index contributed by atoms with van der Waals surface area (Å²) >= 11 is 0. The minimum Gasteiger partial charge on any atom is -0.428 e. The van der Waals surface area contributed by atoms with Gasteiger partial charge >= 0.3 is 12.5 Å². The van der Waals surface area contributed by atoms with Gasteiger partial charge in [0.05, 0.1) is 12.1 Å². The first-order valence-electron chi connectivity index (χ1n) is 6.33. The molecule has 2 atom stereocenters. The van der Waals surface area contributed by atoms with Crippen molar-refractivity contribution in [2.24, 2.45) is 11.1 Å². The van der Waals surface area contributed by atoms with Crippen molar-refractivity contribution in [3.8, 4) is 5.75 Å². The summed E-state index contributed by atoms with van der Waals surface area (Å²) < 4.78 is 53.4. The fourth-order valence-corrected chi connectivity index (χ4v) is 1.68. The molecule has 0 unspecified atom stereocenters. The molecular weight excluding hydrogens is 326 g/mol. The lowest BCUT2D eigenvalue weighted by Gasteiger charge is -2.31. The van der Waals surface area contributed by atoms with Gasteiger partial charge in [-0.15, -0.1) is 12.4 Å². The van der Waals surface area contributed by atoms with Gasteiger partial charge in [-0.05, 0) is 23.1 Å². The van der Waals surface area contributed by atoms with E-state index in [2.05, 4.69) is 4.74 Å². The van der Waals surface area contributed by atoms with E-state index in [0.29, 0.717) is 5.56 Å². The summed E-state index contributed by atoms with van der Waals surface area (Å²) in [4.78, 5) is 0. The van der Waals surface area contributed by atoms with Crippen LogP contribution in [-0.2, 0) is 0 Å². The van der Waals surface area contributed by atoms with Gasteiger partial charge in [-0.25, -0.2) is 0 Å². The van der Waals surface area contributed by atoms with E-state index in [-0.39, 0.29) is 12.4 Å². The molecule has 3 nitrogen and oxygen atoms in total. The number of alkyl halides is 4. The first kappa shape index (κ1) is 20.9. The zero-order chi connectivity index (χ0) is 16.4. The fourth-order valence-electron chi connectivity index (χ4n) is 1.68. The molecule has 0 saturated carbocycles. The second-order valence-corrected chi connectivity index (χ2v) is 5.87. The molecule has 1 aromatic carbocycles. The van der Waals surface area contributed by atoms with Gasteiger partial charge in [-0.3, -0.25) is 0 Å². The van der Waals surface area contributed by atoms with Gasteiger partial charge in [-0.2, -0.15) is 17.6 Å². The maximum Gasteiger partial charge on any atom is 0.461 e. The second-order valence-electron chi connectivity index (χ2n) is 5.87.